The van der Waals surface area contributed by atoms with Gasteiger partial charge in [-0.2, -0.15) is 0 Å². The predicted molar refractivity (Wildman–Crippen MR) is 85.3 cm³/mol. The quantitative estimate of drug-likeness (QED) is 0.852. The lowest BCUT2D eigenvalue weighted by Gasteiger charge is -2.25. The Morgan fingerprint density at radius 2 is 2.14 bits per heavy atom. The molecule has 0 saturated heterocycles. The van der Waals surface area contributed by atoms with E-state index in [9.17, 15) is 9.59 Å². The molecule has 1 aliphatic rings. The minimum atomic E-state index is -0.157. The number of carbonyl (C=O) groups excluding carboxylic acids is 2. The molecule has 1 amide bonds. The van der Waals surface area contributed by atoms with Crippen LogP contribution in [0.3, 0.4) is 0 Å². The summed E-state index contributed by atoms with van der Waals surface area (Å²) in [5.41, 5.74) is 3.72. The number of hydrogen-bond acceptors (Lipinski definition) is 2. The third-order valence-corrected chi connectivity index (χ3v) is 4.34. The van der Waals surface area contributed by atoms with E-state index < -0.39 is 0 Å². The van der Waals surface area contributed by atoms with Crippen molar-refractivity contribution in [1.82, 2.24) is 10.3 Å². The summed E-state index contributed by atoms with van der Waals surface area (Å²) in [5.74, 6) is 0.170. The van der Waals surface area contributed by atoms with Crippen LogP contribution in [0.5, 0.6) is 0 Å². The molecule has 0 fully saturated rings. The van der Waals surface area contributed by atoms with Gasteiger partial charge in [-0.15, -0.1) is 0 Å². The number of rotatable bonds is 4. The summed E-state index contributed by atoms with van der Waals surface area (Å²) in [4.78, 5) is 26.3. The first-order valence-corrected chi connectivity index (χ1v) is 7.70. The Hall–Kier alpha value is -2.36. The minimum absolute atomic E-state index is 0.0449. The van der Waals surface area contributed by atoms with Crippen molar-refractivity contribution in [3.63, 3.8) is 0 Å². The number of carbonyl (C=O) groups is 2. The van der Waals surface area contributed by atoms with Crippen LogP contribution in [0.25, 0.3) is 0 Å². The molecule has 4 nitrogen and oxygen atoms in total. The first kappa shape index (κ1) is 14.6. The highest BCUT2D eigenvalue weighted by Crippen LogP contribution is 2.30. The molecule has 2 aromatic rings. The van der Waals surface area contributed by atoms with Gasteiger partial charge in [0.2, 0.25) is 0 Å². The van der Waals surface area contributed by atoms with E-state index in [4.69, 9.17) is 0 Å². The molecule has 0 spiro atoms. The van der Waals surface area contributed by atoms with Gasteiger partial charge in [0, 0.05) is 24.2 Å². The zero-order valence-electron chi connectivity index (χ0n) is 12.7. The van der Waals surface area contributed by atoms with Crippen LogP contribution in [0, 0.1) is 0 Å². The number of hydrogen-bond donors (Lipinski definition) is 2. The molecule has 0 radical (unpaired) electrons. The lowest BCUT2D eigenvalue weighted by molar-refractivity contribution is 0.0945. The number of aromatic amines is 1. The molecule has 3 rings (SSSR count). The van der Waals surface area contributed by atoms with E-state index in [0.717, 1.165) is 19.3 Å². The van der Waals surface area contributed by atoms with Crippen LogP contribution in [-0.4, -0.2) is 23.2 Å². The van der Waals surface area contributed by atoms with Crippen molar-refractivity contribution in [3.8, 4) is 0 Å². The number of aromatic nitrogens is 1. The highest BCUT2D eigenvalue weighted by atomic mass is 16.2. The van der Waals surface area contributed by atoms with Gasteiger partial charge in [-0.05, 0) is 43.4 Å². The number of fused-ring (bicyclic) bond motifs is 1. The SMILES string of the molecule is CC(=O)c1c[nH]c(C(=O)NCC2CCCc3ccccc32)c1. The summed E-state index contributed by atoms with van der Waals surface area (Å²) in [6, 6.07) is 10.1. The highest BCUT2D eigenvalue weighted by Gasteiger charge is 2.20. The van der Waals surface area contributed by atoms with Crippen LogP contribution in [0.1, 0.15) is 57.7 Å². The number of benzene rings is 1. The number of nitrogens with one attached hydrogen (secondary N) is 2. The maximum atomic E-state index is 12.2. The van der Waals surface area contributed by atoms with Crippen molar-refractivity contribution in [3.05, 3.63) is 58.9 Å². The van der Waals surface area contributed by atoms with Gasteiger partial charge in [-0.3, -0.25) is 9.59 Å². The zero-order valence-corrected chi connectivity index (χ0v) is 12.7. The Balaban J connectivity index is 1.65. The molecule has 114 valence electrons. The van der Waals surface area contributed by atoms with Gasteiger partial charge in [0.1, 0.15) is 5.69 Å². The van der Waals surface area contributed by atoms with Gasteiger partial charge < -0.3 is 10.3 Å². The maximum Gasteiger partial charge on any atom is 0.267 e. The Morgan fingerprint density at radius 3 is 2.91 bits per heavy atom. The monoisotopic (exact) mass is 296 g/mol. The second kappa shape index (κ2) is 6.18. The molecule has 1 aromatic carbocycles. The summed E-state index contributed by atoms with van der Waals surface area (Å²) in [6.45, 7) is 2.12. The summed E-state index contributed by atoms with van der Waals surface area (Å²) in [6.07, 6.45) is 4.96. The molecule has 1 atom stereocenters. The lowest BCUT2D eigenvalue weighted by Crippen LogP contribution is -2.30. The summed E-state index contributed by atoms with van der Waals surface area (Å²) in [7, 11) is 0. The first-order chi connectivity index (χ1) is 10.6. The van der Waals surface area contributed by atoms with E-state index in [0.29, 0.717) is 23.7 Å². The largest absolute Gasteiger partial charge is 0.356 e. The van der Waals surface area contributed by atoms with Crippen molar-refractivity contribution < 1.29 is 9.59 Å². The van der Waals surface area contributed by atoms with Gasteiger partial charge in [0.25, 0.3) is 5.91 Å². The first-order valence-electron chi connectivity index (χ1n) is 7.70. The van der Waals surface area contributed by atoms with Crippen LogP contribution < -0.4 is 5.32 Å². The van der Waals surface area contributed by atoms with Gasteiger partial charge in [-0.1, -0.05) is 24.3 Å². The average molecular weight is 296 g/mol. The van der Waals surface area contributed by atoms with Gasteiger partial charge in [-0.25, -0.2) is 0 Å². The van der Waals surface area contributed by atoms with Gasteiger partial charge in [0.15, 0.2) is 5.78 Å². The molecule has 1 unspecified atom stereocenters. The number of ketones is 1. The van der Waals surface area contributed by atoms with E-state index in [2.05, 4.69) is 34.6 Å². The summed E-state index contributed by atoms with van der Waals surface area (Å²) >= 11 is 0. The number of H-pyrrole nitrogens is 1. The molecular weight excluding hydrogens is 276 g/mol. The lowest BCUT2D eigenvalue weighted by atomic mass is 9.83. The standard InChI is InChI=1S/C18H20N2O2/c1-12(21)15-9-17(19-11-15)18(22)20-10-14-7-4-6-13-5-2-3-8-16(13)14/h2-3,5,8-9,11,14,19H,4,6-7,10H2,1H3,(H,20,22). The van der Waals surface area contributed by atoms with Crippen LogP contribution in [0.4, 0.5) is 0 Å². The molecule has 1 aliphatic carbocycles. The van der Waals surface area contributed by atoms with Crippen LogP contribution in [0.2, 0.25) is 0 Å². The molecule has 0 bridgehead atoms. The van der Waals surface area contributed by atoms with Crippen molar-refractivity contribution in [2.75, 3.05) is 6.54 Å². The number of amides is 1. The van der Waals surface area contributed by atoms with E-state index in [1.165, 1.54) is 18.1 Å². The van der Waals surface area contributed by atoms with E-state index in [1.54, 1.807) is 12.3 Å². The van der Waals surface area contributed by atoms with Crippen LogP contribution >= 0.6 is 0 Å². The zero-order chi connectivity index (χ0) is 15.5. The Labute approximate surface area is 129 Å². The fourth-order valence-corrected chi connectivity index (χ4v) is 3.11. The van der Waals surface area contributed by atoms with Gasteiger partial charge in [0.05, 0.1) is 0 Å². The maximum absolute atomic E-state index is 12.2. The second-order valence-electron chi connectivity index (χ2n) is 5.86. The van der Waals surface area contributed by atoms with Crippen molar-refractivity contribution in [2.24, 2.45) is 0 Å². The number of aryl methyl sites for hydroxylation is 1. The summed E-state index contributed by atoms with van der Waals surface area (Å²) < 4.78 is 0. The van der Waals surface area contributed by atoms with E-state index >= 15 is 0 Å². The normalized spacial score (nSPS) is 16.9. The van der Waals surface area contributed by atoms with Crippen LogP contribution in [-0.2, 0) is 6.42 Å². The molecule has 4 heteroatoms. The van der Waals surface area contributed by atoms with Crippen molar-refractivity contribution in [2.45, 2.75) is 32.1 Å². The third-order valence-electron chi connectivity index (χ3n) is 4.34. The molecule has 0 saturated carbocycles. The number of Topliss-reactive ketones (excluding diaryl/α,β-unsaturated/α-hetero) is 1. The smallest absolute Gasteiger partial charge is 0.267 e. The topological polar surface area (TPSA) is 62.0 Å². The fourth-order valence-electron chi connectivity index (χ4n) is 3.11. The third kappa shape index (κ3) is 2.96. The molecule has 22 heavy (non-hydrogen) atoms. The fraction of sp³-hybridized carbons (Fsp3) is 0.333. The molecule has 2 N–H and O–H groups in total. The van der Waals surface area contributed by atoms with Crippen LogP contribution in [0.15, 0.2) is 36.5 Å². The molecule has 0 aliphatic heterocycles. The Morgan fingerprint density at radius 1 is 1.32 bits per heavy atom. The van der Waals surface area contributed by atoms with E-state index in [-0.39, 0.29) is 11.7 Å². The Kier molecular flexibility index (Phi) is 4.09. The van der Waals surface area contributed by atoms with E-state index in [1.807, 2.05) is 0 Å². The highest BCUT2D eigenvalue weighted by molar-refractivity contribution is 5.99. The Bertz CT molecular complexity index is 703. The molecular formula is C18H20N2O2. The predicted octanol–water partition coefficient (Wildman–Crippen LogP) is 3.07. The second-order valence-corrected chi connectivity index (χ2v) is 5.86. The average Bonchev–Trinajstić information content (AvgIpc) is 3.03. The summed E-state index contributed by atoms with van der Waals surface area (Å²) in [5, 5.41) is 2.98. The molecule has 1 aromatic heterocycles. The van der Waals surface area contributed by atoms with Gasteiger partial charge >= 0.3 is 0 Å². The van der Waals surface area contributed by atoms with Crippen molar-refractivity contribution >= 4 is 11.7 Å². The van der Waals surface area contributed by atoms with Crippen molar-refractivity contribution in [1.29, 1.82) is 0 Å². The molecule has 1 heterocycles. The minimum Gasteiger partial charge on any atom is -0.356 e.